The van der Waals surface area contributed by atoms with Crippen molar-refractivity contribution >= 4 is 16.8 Å². The van der Waals surface area contributed by atoms with Crippen LogP contribution in [0.2, 0.25) is 0 Å². The zero-order chi connectivity index (χ0) is 21.1. The number of pyridine rings is 1. The standard InChI is InChI=1S/C26H24N2O2/c1-18-7-11-20(12-8-18)16-27-26(30)23-15-25(29)28(24-6-4-3-5-22(23)24)17-21-13-9-19(2)10-14-21/h3-15H,16-17H2,1-2H3,(H,27,30). The Kier molecular flexibility index (Phi) is 5.48. The second-order valence-corrected chi connectivity index (χ2v) is 7.65. The average molecular weight is 396 g/mol. The molecule has 0 radical (unpaired) electrons. The molecule has 3 aromatic carbocycles. The summed E-state index contributed by atoms with van der Waals surface area (Å²) in [5.41, 5.74) is 5.39. The van der Waals surface area contributed by atoms with Crippen molar-refractivity contribution in [1.82, 2.24) is 9.88 Å². The summed E-state index contributed by atoms with van der Waals surface area (Å²) in [6.45, 7) is 4.94. The van der Waals surface area contributed by atoms with Crippen molar-refractivity contribution in [2.75, 3.05) is 0 Å². The number of aromatic nitrogens is 1. The number of hydrogen-bond donors (Lipinski definition) is 1. The number of hydrogen-bond acceptors (Lipinski definition) is 2. The largest absolute Gasteiger partial charge is 0.348 e. The monoisotopic (exact) mass is 396 g/mol. The fraction of sp³-hybridized carbons (Fsp3) is 0.154. The van der Waals surface area contributed by atoms with Crippen LogP contribution in [0.15, 0.2) is 83.7 Å². The summed E-state index contributed by atoms with van der Waals surface area (Å²) in [4.78, 5) is 25.8. The molecule has 1 aromatic heterocycles. The Balaban J connectivity index is 1.66. The molecule has 0 saturated heterocycles. The Hall–Kier alpha value is -3.66. The number of carbonyl (C=O) groups is 1. The van der Waals surface area contributed by atoms with Crippen LogP contribution in [0.4, 0.5) is 0 Å². The maximum atomic E-state index is 12.9. The summed E-state index contributed by atoms with van der Waals surface area (Å²) in [7, 11) is 0. The predicted molar refractivity (Wildman–Crippen MR) is 121 cm³/mol. The van der Waals surface area contributed by atoms with E-state index in [1.54, 1.807) is 4.57 Å². The molecule has 4 heteroatoms. The third-order valence-electron chi connectivity index (χ3n) is 5.30. The number of aryl methyl sites for hydroxylation is 2. The third-order valence-corrected chi connectivity index (χ3v) is 5.30. The van der Waals surface area contributed by atoms with Gasteiger partial charge in [0.25, 0.3) is 11.5 Å². The van der Waals surface area contributed by atoms with E-state index in [0.29, 0.717) is 18.7 Å². The van der Waals surface area contributed by atoms with E-state index >= 15 is 0 Å². The van der Waals surface area contributed by atoms with Crippen LogP contribution in [0.1, 0.15) is 32.6 Å². The number of nitrogens with one attached hydrogen (secondary N) is 1. The fourth-order valence-corrected chi connectivity index (χ4v) is 3.55. The Morgan fingerprint density at radius 3 is 2.10 bits per heavy atom. The molecule has 0 aliphatic carbocycles. The van der Waals surface area contributed by atoms with E-state index in [1.807, 2.05) is 86.6 Å². The molecule has 4 nitrogen and oxygen atoms in total. The van der Waals surface area contributed by atoms with Crippen molar-refractivity contribution in [2.24, 2.45) is 0 Å². The molecule has 30 heavy (non-hydrogen) atoms. The maximum Gasteiger partial charge on any atom is 0.252 e. The Labute approximate surface area is 175 Å². The van der Waals surface area contributed by atoms with Gasteiger partial charge < -0.3 is 9.88 Å². The van der Waals surface area contributed by atoms with Gasteiger partial charge >= 0.3 is 0 Å². The first kappa shape index (κ1) is 19.6. The number of rotatable bonds is 5. The van der Waals surface area contributed by atoms with Gasteiger partial charge in [-0.15, -0.1) is 0 Å². The van der Waals surface area contributed by atoms with Gasteiger partial charge in [0.15, 0.2) is 0 Å². The summed E-state index contributed by atoms with van der Waals surface area (Å²) in [5, 5.41) is 3.71. The number of benzene rings is 3. The summed E-state index contributed by atoms with van der Waals surface area (Å²) in [5.74, 6) is -0.244. The van der Waals surface area contributed by atoms with Crippen molar-refractivity contribution in [3.8, 4) is 0 Å². The van der Waals surface area contributed by atoms with Gasteiger partial charge in [0.1, 0.15) is 0 Å². The van der Waals surface area contributed by atoms with E-state index < -0.39 is 0 Å². The molecule has 0 fully saturated rings. The van der Waals surface area contributed by atoms with Crippen LogP contribution in [0.3, 0.4) is 0 Å². The van der Waals surface area contributed by atoms with E-state index in [2.05, 4.69) is 5.32 Å². The zero-order valence-electron chi connectivity index (χ0n) is 17.2. The van der Waals surface area contributed by atoms with Gasteiger partial charge in [-0.3, -0.25) is 9.59 Å². The van der Waals surface area contributed by atoms with Gasteiger partial charge in [0.05, 0.1) is 17.6 Å². The van der Waals surface area contributed by atoms with Crippen molar-refractivity contribution in [3.05, 3.63) is 117 Å². The molecule has 4 rings (SSSR count). The van der Waals surface area contributed by atoms with E-state index in [0.717, 1.165) is 22.0 Å². The van der Waals surface area contributed by atoms with Crippen LogP contribution in [-0.2, 0) is 13.1 Å². The van der Waals surface area contributed by atoms with Gasteiger partial charge in [-0.2, -0.15) is 0 Å². The van der Waals surface area contributed by atoms with Crippen molar-refractivity contribution in [2.45, 2.75) is 26.9 Å². The minimum absolute atomic E-state index is 0.185. The number of nitrogens with zero attached hydrogens (tertiary/aromatic N) is 1. The normalized spacial score (nSPS) is 10.9. The smallest absolute Gasteiger partial charge is 0.252 e. The highest BCUT2D eigenvalue weighted by Gasteiger charge is 2.15. The molecule has 1 N–H and O–H groups in total. The number of fused-ring (bicyclic) bond motifs is 1. The lowest BCUT2D eigenvalue weighted by Crippen LogP contribution is -2.27. The quantitative estimate of drug-likeness (QED) is 0.536. The SMILES string of the molecule is Cc1ccc(CNC(=O)c2cc(=O)n(Cc3ccc(C)cc3)c3ccccc23)cc1. The van der Waals surface area contributed by atoms with Crippen molar-refractivity contribution < 1.29 is 4.79 Å². The van der Waals surface area contributed by atoms with Crippen molar-refractivity contribution in [3.63, 3.8) is 0 Å². The minimum Gasteiger partial charge on any atom is -0.348 e. The molecule has 0 saturated carbocycles. The third kappa shape index (κ3) is 4.18. The van der Waals surface area contributed by atoms with Crippen LogP contribution in [-0.4, -0.2) is 10.5 Å². The minimum atomic E-state index is -0.244. The van der Waals surface area contributed by atoms with Crippen LogP contribution < -0.4 is 10.9 Å². The molecule has 0 bridgehead atoms. The highest BCUT2D eigenvalue weighted by atomic mass is 16.2. The topological polar surface area (TPSA) is 51.1 Å². The van der Waals surface area contributed by atoms with Crippen LogP contribution in [0.25, 0.3) is 10.9 Å². The van der Waals surface area contributed by atoms with Gasteiger partial charge in [0.2, 0.25) is 0 Å². The second kappa shape index (κ2) is 8.37. The second-order valence-electron chi connectivity index (χ2n) is 7.65. The first-order chi connectivity index (χ1) is 14.5. The van der Waals surface area contributed by atoms with Gasteiger partial charge in [-0.1, -0.05) is 77.9 Å². The van der Waals surface area contributed by atoms with E-state index in [9.17, 15) is 9.59 Å². The molecule has 0 atom stereocenters. The molecule has 0 spiro atoms. The molecule has 1 heterocycles. The molecule has 0 aliphatic rings. The molecule has 150 valence electrons. The van der Waals surface area contributed by atoms with Crippen LogP contribution >= 0.6 is 0 Å². The first-order valence-corrected chi connectivity index (χ1v) is 10.0. The van der Waals surface area contributed by atoms with Gasteiger partial charge in [-0.05, 0) is 31.0 Å². The maximum absolute atomic E-state index is 12.9. The summed E-state index contributed by atoms with van der Waals surface area (Å²) in [6, 6.07) is 25.2. The Morgan fingerprint density at radius 1 is 0.833 bits per heavy atom. The van der Waals surface area contributed by atoms with E-state index in [-0.39, 0.29) is 11.5 Å². The Bertz CT molecular complexity index is 1250. The predicted octanol–water partition coefficient (Wildman–Crippen LogP) is 4.60. The molecule has 0 unspecified atom stereocenters. The highest BCUT2D eigenvalue weighted by molar-refractivity contribution is 6.06. The first-order valence-electron chi connectivity index (χ1n) is 10.0. The summed E-state index contributed by atoms with van der Waals surface area (Å²) >= 11 is 0. The highest BCUT2D eigenvalue weighted by Crippen LogP contribution is 2.18. The molecular weight excluding hydrogens is 372 g/mol. The number of carbonyl (C=O) groups excluding carboxylic acids is 1. The lowest BCUT2D eigenvalue weighted by molar-refractivity contribution is 0.0952. The van der Waals surface area contributed by atoms with Gasteiger partial charge in [-0.25, -0.2) is 0 Å². The van der Waals surface area contributed by atoms with E-state index in [4.69, 9.17) is 0 Å². The lowest BCUT2D eigenvalue weighted by Gasteiger charge is -2.14. The molecule has 4 aromatic rings. The van der Waals surface area contributed by atoms with Crippen LogP contribution in [0.5, 0.6) is 0 Å². The Morgan fingerprint density at radius 2 is 1.43 bits per heavy atom. The lowest BCUT2D eigenvalue weighted by atomic mass is 10.1. The van der Waals surface area contributed by atoms with E-state index in [1.165, 1.54) is 17.2 Å². The fourth-order valence-electron chi connectivity index (χ4n) is 3.55. The van der Waals surface area contributed by atoms with Crippen molar-refractivity contribution in [1.29, 1.82) is 0 Å². The molecule has 0 aliphatic heterocycles. The molecular formula is C26H24N2O2. The summed E-state index contributed by atoms with van der Waals surface area (Å²) in [6.07, 6.45) is 0. The summed E-state index contributed by atoms with van der Waals surface area (Å²) < 4.78 is 1.72. The van der Waals surface area contributed by atoms with Crippen LogP contribution in [0, 0.1) is 13.8 Å². The van der Waals surface area contributed by atoms with Gasteiger partial charge in [0, 0.05) is 18.0 Å². The molecule has 1 amide bonds. The average Bonchev–Trinajstić information content (AvgIpc) is 2.76. The number of para-hydroxylation sites is 1. The zero-order valence-corrected chi connectivity index (χ0v) is 17.2. The number of amides is 1.